The summed E-state index contributed by atoms with van der Waals surface area (Å²) >= 11 is 5.59. The van der Waals surface area contributed by atoms with Gasteiger partial charge in [-0.15, -0.1) is 0 Å². The number of nitrogens with one attached hydrogen (secondary N) is 1. The molecule has 0 heterocycles. The first-order chi connectivity index (χ1) is 6.15. The van der Waals surface area contributed by atoms with Gasteiger partial charge in [0.2, 0.25) is 0 Å². The fourth-order valence-corrected chi connectivity index (χ4v) is 1.30. The van der Waals surface area contributed by atoms with Crippen molar-refractivity contribution in [3.05, 3.63) is 11.6 Å². The molecule has 74 valence electrons. The number of esters is 1. The third-order valence-electron chi connectivity index (χ3n) is 2.06. The molecule has 0 bridgehead atoms. The van der Waals surface area contributed by atoms with Crippen LogP contribution in [0.4, 0.5) is 0 Å². The van der Waals surface area contributed by atoms with E-state index in [1.54, 1.807) is 0 Å². The van der Waals surface area contributed by atoms with Crippen molar-refractivity contribution < 1.29 is 9.53 Å². The number of rotatable bonds is 5. The largest absolute Gasteiger partial charge is 0.468 e. The van der Waals surface area contributed by atoms with E-state index in [4.69, 9.17) is 11.6 Å². The van der Waals surface area contributed by atoms with Crippen molar-refractivity contribution in [3.63, 3.8) is 0 Å². The van der Waals surface area contributed by atoms with Crippen LogP contribution in [-0.2, 0) is 9.53 Å². The minimum absolute atomic E-state index is 0.208. The standard InChI is InChI=1S/C9H14ClNO2/c1-6(10)5-11-8(7-3-4-7)9(12)13-2/h7-8,11H,1,3-5H2,2H3. The number of ether oxygens (including phenoxy) is 1. The van der Waals surface area contributed by atoms with Crippen LogP contribution >= 0.6 is 11.6 Å². The molecule has 4 heteroatoms. The van der Waals surface area contributed by atoms with Crippen LogP contribution in [0.3, 0.4) is 0 Å². The molecule has 3 nitrogen and oxygen atoms in total. The molecule has 1 aliphatic rings. The van der Waals surface area contributed by atoms with E-state index in [1.165, 1.54) is 7.11 Å². The minimum Gasteiger partial charge on any atom is -0.468 e. The van der Waals surface area contributed by atoms with Gasteiger partial charge in [-0.25, -0.2) is 0 Å². The lowest BCUT2D eigenvalue weighted by Crippen LogP contribution is -2.40. The Hall–Kier alpha value is -0.540. The Morgan fingerprint density at radius 2 is 2.38 bits per heavy atom. The fourth-order valence-electron chi connectivity index (χ4n) is 1.22. The van der Waals surface area contributed by atoms with E-state index in [0.717, 1.165) is 12.8 Å². The Labute approximate surface area is 83.1 Å². The maximum atomic E-state index is 11.2. The summed E-state index contributed by atoms with van der Waals surface area (Å²) in [5.41, 5.74) is 0. The van der Waals surface area contributed by atoms with Crippen molar-refractivity contribution in [1.82, 2.24) is 5.32 Å². The Balaban J connectivity index is 2.38. The highest BCUT2D eigenvalue weighted by molar-refractivity contribution is 6.29. The number of carbonyl (C=O) groups is 1. The lowest BCUT2D eigenvalue weighted by Gasteiger charge is -2.14. The van der Waals surface area contributed by atoms with Crippen molar-refractivity contribution in [2.75, 3.05) is 13.7 Å². The third-order valence-corrected chi connectivity index (χ3v) is 2.20. The zero-order valence-corrected chi connectivity index (χ0v) is 8.43. The highest BCUT2D eigenvalue weighted by Gasteiger charge is 2.36. The molecule has 0 amide bonds. The molecular weight excluding hydrogens is 190 g/mol. The topological polar surface area (TPSA) is 38.3 Å². The maximum absolute atomic E-state index is 11.2. The van der Waals surface area contributed by atoms with Gasteiger partial charge in [0.15, 0.2) is 0 Å². The van der Waals surface area contributed by atoms with Crippen LogP contribution in [0.15, 0.2) is 11.6 Å². The molecule has 1 aliphatic carbocycles. The molecule has 1 N–H and O–H groups in total. The lowest BCUT2D eigenvalue weighted by atomic mass is 10.2. The van der Waals surface area contributed by atoms with Crippen LogP contribution in [0, 0.1) is 5.92 Å². The fraction of sp³-hybridized carbons (Fsp3) is 0.667. The highest BCUT2D eigenvalue weighted by atomic mass is 35.5. The third kappa shape index (κ3) is 3.36. The molecule has 13 heavy (non-hydrogen) atoms. The van der Waals surface area contributed by atoms with E-state index in [2.05, 4.69) is 16.6 Å². The predicted molar refractivity (Wildman–Crippen MR) is 51.5 cm³/mol. The predicted octanol–water partition coefficient (Wildman–Crippen LogP) is 1.28. The van der Waals surface area contributed by atoms with Gasteiger partial charge in [0.25, 0.3) is 0 Å². The van der Waals surface area contributed by atoms with E-state index < -0.39 is 0 Å². The van der Waals surface area contributed by atoms with E-state index in [9.17, 15) is 4.79 Å². The summed E-state index contributed by atoms with van der Waals surface area (Å²) in [6.07, 6.45) is 2.17. The molecule has 0 radical (unpaired) electrons. The molecule has 0 aromatic rings. The molecule has 1 rings (SSSR count). The van der Waals surface area contributed by atoms with Crippen molar-refractivity contribution >= 4 is 17.6 Å². The van der Waals surface area contributed by atoms with Gasteiger partial charge in [-0.2, -0.15) is 0 Å². The molecule has 0 aliphatic heterocycles. The first-order valence-electron chi connectivity index (χ1n) is 4.29. The van der Waals surface area contributed by atoms with E-state index >= 15 is 0 Å². The molecule has 0 saturated heterocycles. The average molecular weight is 204 g/mol. The van der Waals surface area contributed by atoms with Crippen LogP contribution in [0.5, 0.6) is 0 Å². The molecule has 1 atom stereocenters. The summed E-state index contributed by atoms with van der Waals surface area (Å²) < 4.78 is 4.67. The summed E-state index contributed by atoms with van der Waals surface area (Å²) in [6.45, 7) is 4.00. The quantitative estimate of drug-likeness (QED) is 0.685. The van der Waals surface area contributed by atoms with Gasteiger partial charge in [-0.1, -0.05) is 18.2 Å². The van der Waals surface area contributed by atoms with E-state index in [0.29, 0.717) is 17.5 Å². The Kier molecular flexibility index (Phi) is 3.75. The maximum Gasteiger partial charge on any atom is 0.323 e. The van der Waals surface area contributed by atoms with Crippen molar-refractivity contribution in [2.45, 2.75) is 18.9 Å². The lowest BCUT2D eigenvalue weighted by molar-refractivity contribution is -0.143. The molecule has 1 saturated carbocycles. The first kappa shape index (κ1) is 10.5. The number of carbonyl (C=O) groups excluding carboxylic acids is 1. The summed E-state index contributed by atoms with van der Waals surface area (Å²) in [7, 11) is 1.40. The van der Waals surface area contributed by atoms with Crippen molar-refractivity contribution in [2.24, 2.45) is 5.92 Å². The molecule has 0 aromatic carbocycles. The summed E-state index contributed by atoms with van der Waals surface area (Å²) in [6, 6.07) is -0.208. The van der Waals surface area contributed by atoms with Gasteiger partial charge in [-0.05, 0) is 18.8 Å². The summed E-state index contributed by atoms with van der Waals surface area (Å²) in [5, 5.41) is 3.53. The van der Waals surface area contributed by atoms with Crippen LogP contribution in [0.25, 0.3) is 0 Å². The van der Waals surface area contributed by atoms with Crippen LogP contribution in [0.2, 0.25) is 0 Å². The van der Waals surface area contributed by atoms with Crippen LogP contribution in [0.1, 0.15) is 12.8 Å². The first-order valence-corrected chi connectivity index (χ1v) is 4.67. The number of methoxy groups -OCH3 is 1. The summed E-state index contributed by atoms with van der Waals surface area (Å²) in [5.74, 6) is 0.212. The monoisotopic (exact) mass is 203 g/mol. The second-order valence-electron chi connectivity index (χ2n) is 3.24. The van der Waals surface area contributed by atoms with Gasteiger partial charge < -0.3 is 4.74 Å². The zero-order chi connectivity index (χ0) is 9.84. The van der Waals surface area contributed by atoms with Gasteiger partial charge >= 0.3 is 5.97 Å². The molecule has 0 aromatic heterocycles. The van der Waals surface area contributed by atoms with Crippen LogP contribution < -0.4 is 5.32 Å². The molecule has 1 unspecified atom stereocenters. The number of hydrogen-bond donors (Lipinski definition) is 1. The average Bonchev–Trinajstić information content (AvgIpc) is 2.87. The van der Waals surface area contributed by atoms with Gasteiger partial charge in [0.05, 0.1) is 7.11 Å². The van der Waals surface area contributed by atoms with Gasteiger partial charge in [0.1, 0.15) is 6.04 Å². The normalized spacial score (nSPS) is 18.0. The molecule has 1 fully saturated rings. The molecular formula is C9H14ClNO2. The second kappa shape index (κ2) is 4.63. The summed E-state index contributed by atoms with van der Waals surface area (Å²) in [4.78, 5) is 11.2. The van der Waals surface area contributed by atoms with Crippen molar-refractivity contribution in [3.8, 4) is 0 Å². The van der Waals surface area contributed by atoms with Gasteiger partial charge in [0, 0.05) is 11.6 Å². The SMILES string of the molecule is C=C(Cl)CNC(C(=O)OC)C1CC1. The van der Waals surface area contributed by atoms with Gasteiger partial charge in [-0.3, -0.25) is 10.1 Å². The van der Waals surface area contributed by atoms with E-state index in [-0.39, 0.29) is 12.0 Å². The number of halogens is 1. The Bertz CT molecular complexity index is 214. The van der Waals surface area contributed by atoms with Crippen molar-refractivity contribution in [1.29, 1.82) is 0 Å². The second-order valence-corrected chi connectivity index (χ2v) is 3.77. The molecule has 0 spiro atoms. The smallest absolute Gasteiger partial charge is 0.323 e. The Morgan fingerprint density at radius 1 is 1.77 bits per heavy atom. The van der Waals surface area contributed by atoms with E-state index in [1.807, 2.05) is 0 Å². The zero-order valence-electron chi connectivity index (χ0n) is 7.68. The van der Waals surface area contributed by atoms with Crippen LogP contribution in [-0.4, -0.2) is 25.7 Å². The minimum atomic E-state index is -0.208. The highest BCUT2D eigenvalue weighted by Crippen LogP contribution is 2.33. The Morgan fingerprint density at radius 3 is 2.77 bits per heavy atom. The number of hydrogen-bond acceptors (Lipinski definition) is 3.